The van der Waals surface area contributed by atoms with E-state index in [0.717, 1.165) is 4.47 Å². The summed E-state index contributed by atoms with van der Waals surface area (Å²) >= 11 is 9.27. The normalized spacial score (nSPS) is 10.2. The maximum atomic E-state index is 5.95. The Morgan fingerprint density at radius 2 is 2.14 bits per heavy atom. The first-order chi connectivity index (χ1) is 6.74. The molecule has 0 saturated carbocycles. The van der Waals surface area contributed by atoms with Crippen molar-refractivity contribution in [2.24, 2.45) is 0 Å². The van der Waals surface area contributed by atoms with Gasteiger partial charge in [-0.15, -0.1) is 0 Å². The van der Waals surface area contributed by atoms with Crippen molar-refractivity contribution < 1.29 is 9.47 Å². The van der Waals surface area contributed by atoms with Gasteiger partial charge in [0.05, 0.1) is 11.6 Å². The second kappa shape index (κ2) is 6.27. The molecule has 1 rings (SSSR count). The van der Waals surface area contributed by atoms with E-state index in [9.17, 15) is 0 Å². The van der Waals surface area contributed by atoms with E-state index in [-0.39, 0.29) is 0 Å². The summed E-state index contributed by atoms with van der Waals surface area (Å²) in [6, 6.07) is 5.53. The van der Waals surface area contributed by atoms with Crippen molar-refractivity contribution in [1.82, 2.24) is 0 Å². The monoisotopic (exact) mass is 278 g/mol. The molecular weight excluding hydrogens is 267 g/mol. The highest BCUT2D eigenvalue weighted by Crippen LogP contribution is 2.27. The van der Waals surface area contributed by atoms with Crippen LogP contribution in [0.4, 0.5) is 0 Å². The Balaban J connectivity index is 2.42. The molecule has 0 atom stereocenters. The Morgan fingerprint density at radius 1 is 1.36 bits per heavy atom. The quantitative estimate of drug-likeness (QED) is 0.768. The van der Waals surface area contributed by atoms with Gasteiger partial charge in [-0.1, -0.05) is 27.5 Å². The molecule has 0 aromatic heterocycles. The van der Waals surface area contributed by atoms with E-state index < -0.39 is 0 Å². The van der Waals surface area contributed by atoms with Crippen molar-refractivity contribution in [3.05, 3.63) is 27.7 Å². The molecular formula is C10H12BrClO2. The number of rotatable bonds is 5. The summed E-state index contributed by atoms with van der Waals surface area (Å²) in [5, 5.41) is 0.607. The number of hydrogen-bond donors (Lipinski definition) is 0. The average Bonchev–Trinajstić information content (AvgIpc) is 2.15. The van der Waals surface area contributed by atoms with E-state index in [1.54, 1.807) is 6.07 Å². The van der Waals surface area contributed by atoms with Gasteiger partial charge >= 0.3 is 0 Å². The van der Waals surface area contributed by atoms with Gasteiger partial charge in [0.15, 0.2) is 0 Å². The van der Waals surface area contributed by atoms with E-state index in [4.69, 9.17) is 21.1 Å². The lowest BCUT2D eigenvalue weighted by molar-refractivity contribution is 0.110. The molecule has 0 heterocycles. The molecule has 0 radical (unpaired) electrons. The molecule has 0 spiro atoms. The van der Waals surface area contributed by atoms with Crippen molar-refractivity contribution in [3.8, 4) is 5.75 Å². The number of ether oxygens (including phenoxy) is 2. The van der Waals surface area contributed by atoms with Crippen LogP contribution in [0.25, 0.3) is 0 Å². The first kappa shape index (κ1) is 11.8. The molecule has 0 aliphatic rings. The van der Waals surface area contributed by atoms with E-state index >= 15 is 0 Å². The third kappa shape index (κ3) is 3.86. The van der Waals surface area contributed by atoms with Crippen LogP contribution in [-0.2, 0) is 4.74 Å². The second-order valence-corrected chi connectivity index (χ2v) is 3.94. The van der Waals surface area contributed by atoms with E-state index in [0.29, 0.717) is 30.6 Å². The number of hydrogen-bond acceptors (Lipinski definition) is 2. The number of halogens is 2. The van der Waals surface area contributed by atoms with Gasteiger partial charge in [0.2, 0.25) is 0 Å². The van der Waals surface area contributed by atoms with Crippen LogP contribution in [0.1, 0.15) is 6.92 Å². The Labute approximate surface area is 97.3 Å². The average molecular weight is 280 g/mol. The molecule has 1 aromatic rings. The summed E-state index contributed by atoms with van der Waals surface area (Å²) in [5.41, 5.74) is 0. The Morgan fingerprint density at radius 3 is 2.79 bits per heavy atom. The van der Waals surface area contributed by atoms with Gasteiger partial charge in [-0.3, -0.25) is 0 Å². The summed E-state index contributed by atoms with van der Waals surface area (Å²) in [7, 11) is 0. The molecule has 78 valence electrons. The maximum absolute atomic E-state index is 5.95. The van der Waals surface area contributed by atoms with Crippen molar-refractivity contribution in [2.45, 2.75) is 6.92 Å². The molecule has 0 unspecified atom stereocenters. The van der Waals surface area contributed by atoms with Gasteiger partial charge in [0.25, 0.3) is 0 Å². The lowest BCUT2D eigenvalue weighted by Crippen LogP contribution is -2.06. The predicted octanol–water partition coefficient (Wildman–Crippen LogP) is 3.52. The van der Waals surface area contributed by atoms with Gasteiger partial charge in [0.1, 0.15) is 12.4 Å². The Kier molecular flexibility index (Phi) is 5.30. The molecule has 0 aliphatic carbocycles. The SMILES string of the molecule is CCOCCOc1ccc(Br)cc1Cl. The molecule has 0 amide bonds. The fourth-order valence-corrected chi connectivity index (χ4v) is 1.68. The summed E-state index contributed by atoms with van der Waals surface area (Å²) in [6.45, 7) is 3.77. The van der Waals surface area contributed by atoms with Crippen molar-refractivity contribution in [3.63, 3.8) is 0 Å². The molecule has 14 heavy (non-hydrogen) atoms. The fraction of sp³-hybridized carbons (Fsp3) is 0.400. The van der Waals surface area contributed by atoms with Crippen LogP contribution in [0.2, 0.25) is 5.02 Å². The molecule has 0 fully saturated rings. The molecule has 4 heteroatoms. The molecule has 0 aliphatic heterocycles. The smallest absolute Gasteiger partial charge is 0.138 e. The minimum atomic E-state index is 0.523. The topological polar surface area (TPSA) is 18.5 Å². The van der Waals surface area contributed by atoms with Crippen LogP contribution >= 0.6 is 27.5 Å². The molecule has 0 saturated heterocycles. The lowest BCUT2D eigenvalue weighted by atomic mass is 10.3. The zero-order valence-corrected chi connectivity index (χ0v) is 10.3. The van der Waals surface area contributed by atoms with Gasteiger partial charge in [-0.2, -0.15) is 0 Å². The van der Waals surface area contributed by atoms with Crippen molar-refractivity contribution in [2.75, 3.05) is 19.8 Å². The zero-order valence-electron chi connectivity index (χ0n) is 7.93. The highest BCUT2D eigenvalue weighted by atomic mass is 79.9. The number of benzene rings is 1. The van der Waals surface area contributed by atoms with E-state index in [1.807, 2.05) is 19.1 Å². The van der Waals surface area contributed by atoms with E-state index in [1.165, 1.54) is 0 Å². The predicted molar refractivity (Wildman–Crippen MR) is 61.1 cm³/mol. The van der Waals surface area contributed by atoms with Gasteiger partial charge in [-0.25, -0.2) is 0 Å². The van der Waals surface area contributed by atoms with Crippen molar-refractivity contribution in [1.29, 1.82) is 0 Å². The Hall–Kier alpha value is -0.250. The van der Waals surface area contributed by atoms with Crippen LogP contribution in [-0.4, -0.2) is 19.8 Å². The largest absolute Gasteiger partial charge is 0.490 e. The lowest BCUT2D eigenvalue weighted by Gasteiger charge is -2.07. The molecule has 0 N–H and O–H groups in total. The minimum Gasteiger partial charge on any atom is -0.490 e. The highest BCUT2D eigenvalue weighted by molar-refractivity contribution is 9.10. The third-order valence-corrected chi connectivity index (χ3v) is 2.37. The third-order valence-electron chi connectivity index (χ3n) is 1.58. The van der Waals surface area contributed by atoms with Crippen LogP contribution < -0.4 is 4.74 Å². The van der Waals surface area contributed by atoms with Gasteiger partial charge in [-0.05, 0) is 25.1 Å². The van der Waals surface area contributed by atoms with Crippen LogP contribution in [0.3, 0.4) is 0 Å². The summed E-state index contributed by atoms with van der Waals surface area (Å²) < 4.78 is 11.5. The Bertz CT molecular complexity index is 291. The minimum absolute atomic E-state index is 0.523. The fourth-order valence-electron chi connectivity index (χ4n) is 0.947. The standard InChI is InChI=1S/C10H12BrClO2/c1-2-13-5-6-14-10-4-3-8(11)7-9(10)12/h3-4,7H,2,5-6H2,1H3. The first-order valence-electron chi connectivity index (χ1n) is 4.39. The van der Waals surface area contributed by atoms with Crippen LogP contribution in [0.5, 0.6) is 5.75 Å². The molecule has 1 aromatic carbocycles. The van der Waals surface area contributed by atoms with Crippen LogP contribution in [0, 0.1) is 0 Å². The maximum Gasteiger partial charge on any atom is 0.138 e. The van der Waals surface area contributed by atoms with E-state index in [2.05, 4.69) is 15.9 Å². The summed E-state index contributed by atoms with van der Waals surface area (Å²) in [5.74, 6) is 0.689. The highest BCUT2D eigenvalue weighted by Gasteiger charge is 2.01. The van der Waals surface area contributed by atoms with Gasteiger partial charge in [0, 0.05) is 11.1 Å². The first-order valence-corrected chi connectivity index (χ1v) is 5.56. The molecule has 2 nitrogen and oxygen atoms in total. The summed E-state index contributed by atoms with van der Waals surface area (Å²) in [4.78, 5) is 0. The zero-order chi connectivity index (χ0) is 10.4. The van der Waals surface area contributed by atoms with Gasteiger partial charge < -0.3 is 9.47 Å². The summed E-state index contributed by atoms with van der Waals surface area (Å²) in [6.07, 6.45) is 0. The second-order valence-electron chi connectivity index (χ2n) is 2.62. The molecule has 0 bridgehead atoms. The van der Waals surface area contributed by atoms with Crippen LogP contribution in [0.15, 0.2) is 22.7 Å². The van der Waals surface area contributed by atoms with Crippen molar-refractivity contribution >= 4 is 27.5 Å².